The number of hydrogen-bond donors (Lipinski definition) is 1. The van der Waals surface area contributed by atoms with E-state index in [1.165, 1.54) is 29.3 Å². The Hall–Kier alpha value is -2.58. The molecule has 0 amide bonds. The lowest BCUT2D eigenvalue weighted by Gasteiger charge is -2.08. The highest BCUT2D eigenvalue weighted by Crippen LogP contribution is 2.36. The zero-order valence-electron chi connectivity index (χ0n) is 12.5. The van der Waals surface area contributed by atoms with Gasteiger partial charge in [-0.1, -0.05) is 46.5 Å². The van der Waals surface area contributed by atoms with Crippen molar-refractivity contribution in [3.8, 4) is 0 Å². The SMILES string of the molecule is Cc1nnc(Sc2cc(/C=N/O)nc3c2ccc2cccnc23)s1. The highest BCUT2D eigenvalue weighted by molar-refractivity contribution is 8.01. The molecule has 0 bridgehead atoms. The predicted molar refractivity (Wildman–Crippen MR) is 95.2 cm³/mol. The molecule has 118 valence electrons. The Morgan fingerprint density at radius 3 is 2.92 bits per heavy atom. The van der Waals surface area contributed by atoms with Crippen molar-refractivity contribution in [3.05, 3.63) is 47.2 Å². The van der Waals surface area contributed by atoms with Crippen LogP contribution in [0.3, 0.4) is 0 Å². The number of benzene rings is 1. The topological polar surface area (TPSA) is 84.2 Å². The zero-order chi connectivity index (χ0) is 16.5. The van der Waals surface area contributed by atoms with Gasteiger partial charge in [-0.25, -0.2) is 4.98 Å². The Balaban J connectivity index is 1.98. The van der Waals surface area contributed by atoms with Gasteiger partial charge in [0.1, 0.15) is 5.01 Å². The molecule has 0 spiro atoms. The fourth-order valence-electron chi connectivity index (χ4n) is 2.44. The lowest BCUT2D eigenvalue weighted by molar-refractivity contribution is 0.321. The Morgan fingerprint density at radius 1 is 1.21 bits per heavy atom. The highest BCUT2D eigenvalue weighted by atomic mass is 32.2. The van der Waals surface area contributed by atoms with E-state index in [0.717, 1.165) is 36.0 Å². The van der Waals surface area contributed by atoms with E-state index in [4.69, 9.17) is 5.21 Å². The zero-order valence-corrected chi connectivity index (χ0v) is 14.2. The molecule has 4 rings (SSSR count). The summed E-state index contributed by atoms with van der Waals surface area (Å²) in [5.74, 6) is 0. The normalized spacial score (nSPS) is 11.7. The number of aromatic nitrogens is 4. The van der Waals surface area contributed by atoms with Gasteiger partial charge in [0.05, 0.1) is 22.9 Å². The van der Waals surface area contributed by atoms with Gasteiger partial charge in [0.2, 0.25) is 0 Å². The largest absolute Gasteiger partial charge is 0.411 e. The fraction of sp³-hybridized carbons (Fsp3) is 0.0625. The van der Waals surface area contributed by atoms with Gasteiger partial charge in [0.25, 0.3) is 0 Å². The first kappa shape index (κ1) is 15.0. The standard InChI is InChI=1S/C16H11N5OS2/c1-9-20-21-16(23-9)24-13-7-11(8-18-22)19-15-12(13)5-4-10-3-2-6-17-14(10)15/h2-8,22H,1H3/b18-8+. The van der Waals surface area contributed by atoms with E-state index in [1.807, 2.05) is 37.3 Å². The summed E-state index contributed by atoms with van der Waals surface area (Å²) in [4.78, 5) is 10.0. The maximum absolute atomic E-state index is 8.88. The van der Waals surface area contributed by atoms with Gasteiger partial charge in [-0.05, 0) is 19.1 Å². The first-order valence-electron chi connectivity index (χ1n) is 7.08. The molecule has 1 N–H and O–H groups in total. The average molecular weight is 353 g/mol. The van der Waals surface area contributed by atoms with E-state index < -0.39 is 0 Å². The minimum absolute atomic E-state index is 0.562. The summed E-state index contributed by atoms with van der Waals surface area (Å²) in [5.41, 5.74) is 2.15. The van der Waals surface area contributed by atoms with Crippen molar-refractivity contribution in [1.82, 2.24) is 20.2 Å². The van der Waals surface area contributed by atoms with E-state index in [2.05, 4.69) is 25.3 Å². The molecule has 1 aromatic carbocycles. The first-order chi connectivity index (χ1) is 11.7. The second kappa shape index (κ2) is 6.14. The highest BCUT2D eigenvalue weighted by Gasteiger charge is 2.12. The van der Waals surface area contributed by atoms with Crippen LogP contribution in [0.2, 0.25) is 0 Å². The Bertz CT molecular complexity index is 1080. The monoisotopic (exact) mass is 353 g/mol. The average Bonchev–Trinajstić information content (AvgIpc) is 3.00. The Kier molecular flexibility index (Phi) is 3.83. The van der Waals surface area contributed by atoms with E-state index in [0.29, 0.717) is 5.69 Å². The molecule has 3 heterocycles. The smallest absolute Gasteiger partial charge is 0.179 e. The molecule has 0 unspecified atom stereocenters. The summed E-state index contributed by atoms with van der Waals surface area (Å²) in [5, 5.41) is 23.1. The molecule has 0 aliphatic heterocycles. The summed E-state index contributed by atoms with van der Waals surface area (Å²) >= 11 is 3.06. The van der Waals surface area contributed by atoms with Crippen LogP contribution < -0.4 is 0 Å². The summed E-state index contributed by atoms with van der Waals surface area (Å²) in [6, 6.07) is 9.83. The van der Waals surface area contributed by atoms with E-state index in [1.54, 1.807) is 6.20 Å². The lowest BCUT2D eigenvalue weighted by atomic mass is 10.1. The second-order valence-corrected chi connectivity index (χ2v) is 7.49. The molecule has 0 radical (unpaired) electrons. The number of oxime groups is 1. The molecule has 0 saturated heterocycles. The maximum Gasteiger partial charge on any atom is 0.179 e. The van der Waals surface area contributed by atoms with Crippen molar-refractivity contribution in [2.45, 2.75) is 16.2 Å². The van der Waals surface area contributed by atoms with Crippen LogP contribution in [0.5, 0.6) is 0 Å². The molecule has 24 heavy (non-hydrogen) atoms. The van der Waals surface area contributed by atoms with E-state index in [9.17, 15) is 0 Å². The third kappa shape index (κ3) is 2.70. The number of pyridine rings is 2. The van der Waals surface area contributed by atoms with Crippen molar-refractivity contribution in [1.29, 1.82) is 0 Å². The van der Waals surface area contributed by atoms with Crippen LogP contribution in [0.4, 0.5) is 0 Å². The summed E-state index contributed by atoms with van der Waals surface area (Å²) in [7, 11) is 0. The molecular formula is C16H11N5OS2. The van der Waals surface area contributed by atoms with Gasteiger partial charge < -0.3 is 5.21 Å². The van der Waals surface area contributed by atoms with E-state index >= 15 is 0 Å². The summed E-state index contributed by atoms with van der Waals surface area (Å²) < 4.78 is 0.855. The van der Waals surface area contributed by atoms with Crippen LogP contribution in [0.25, 0.3) is 21.8 Å². The Labute approximate surface area is 145 Å². The molecule has 0 atom stereocenters. The number of nitrogens with zero attached hydrogens (tertiary/aromatic N) is 5. The van der Waals surface area contributed by atoms with Crippen molar-refractivity contribution >= 4 is 51.1 Å². The molecule has 0 aliphatic carbocycles. The molecular weight excluding hydrogens is 342 g/mol. The van der Waals surface area contributed by atoms with Crippen LogP contribution in [-0.4, -0.2) is 31.6 Å². The third-order valence-corrected chi connectivity index (χ3v) is 5.38. The van der Waals surface area contributed by atoms with Gasteiger partial charge in [0.15, 0.2) is 4.34 Å². The van der Waals surface area contributed by atoms with Gasteiger partial charge in [-0.15, -0.1) is 10.2 Å². The van der Waals surface area contributed by atoms with Gasteiger partial charge in [-0.2, -0.15) is 0 Å². The number of fused-ring (bicyclic) bond motifs is 3. The fourth-order valence-corrected chi connectivity index (χ4v) is 4.38. The van der Waals surface area contributed by atoms with Crippen LogP contribution in [0, 0.1) is 6.92 Å². The molecule has 0 fully saturated rings. The Morgan fingerprint density at radius 2 is 2.12 bits per heavy atom. The first-order valence-corrected chi connectivity index (χ1v) is 8.72. The van der Waals surface area contributed by atoms with Crippen molar-refractivity contribution in [2.24, 2.45) is 5.16 Å². The van der Waals surface area contributed by atoms with Gasteiger partial charge >= 0.3 is 0 Å². The van der Waals surface area contributed by atoms with Crippen molar-refractivity contribution in [3.63, 3.8) is 0 Å². The molecule has 3 aromatic heterocycles. The minimum Gasteiger partial charge on any atom is -0.411 e. The molecule has 0 saturated carbocycles. The quantitative estimate of drug-likeness (QED) is 0.260. The number of hydrogen-bond acceptors (Lipinski definition) is 8. The minimum atomic E-state index is 0.562. The predicted octanol–water partition coefficient (Wildman–Crippen LogP) is 3.90. The van der Waals surface area contributed by atoms with Crippen LogP contribution in [0.15, 0.2) is 50.9 Å². The van der Waals surface area contributed by atoms with Crippen LogP contribution in [-0.2, 0) is 0 Å². The lowest BCUT2D eigenvalue weighted by Crippen LogP contribution is -1.93. The number of aryl methyl sites for hydroxylation is 1. The molecule has 8 heteroatoms. The molecule has 6 nitrogen and oxygen atoms in total. The van der Waals surface area contributed by atoms with Gasteiger partial charge in [-0.3, -0.25) is 4.98 Å². The second-order valence-electron chi connectivity index (χ2n) is 5.02. The number of rotatable bonds is 3. The van der Waals surface area contributed by atoms with Crippen LogP contribution in [0.1, 0.15) is 10.7 Å². The third-order valence-electron chi connectivity index (χ3n) is 3.43. The maximum atomic E-state index is 8.88. The van der Waals surface area contributed by atoms with Gasteiger partial charge in [0, 0.05) is 21.9 Å². The molecule has 0 aliphatic rings. The van der Waals surface area contributed by atoms with Crippen LogP contribution >= 0.6 is 23.1 Å². The summed E-state index contributed by atoms with van der Waals surface area (Å²) in [6.45, 7) is 1.92. The van der Waals surface area contributed by atoms with E-state index in [-0.39, 0.29) is 0 Å². The summed E-state index contributed by atoms with van der Waals surface area (Å²) in [6.07, 6.45) is 3.06. The van der Waals surface area contributed by atoms with Crippen molar-refractivity contribution in [2.75, 3.05) is 0 Å². The molecule has 4 aromatic rings. The van der Waals surface area contributed by atoms with Crippen molar-refractivity contribution < 1.29 is 5.21 Å².